The second-order valence-electron chi connectivity index (χ2n) is 18.0. The number of hydrogen-bond acceptors (Lipinski definition) is 16. The molecule has 2 aliphatic rings. The molecule has 1 aromatic carbocycles. The minimum Gasteiger partial charge on any atom is -0.462 e. The fraction of sp³-hybridized carbons (Fsp3) is 0.708. The Morgan fingerprint density at radius 3 is 2.32 bits per heavy atom. The van der Waals surface area contributed by atoms with E-state index in [1.54, 1.807) is 56.6 Å². The Balaban J connectivity index is 1.70. The van der Waals surface area contributed by atoms with Gasteiger partial charge in [0.1, 0.15) is 36.2 Å². The monoisotopic (exact) mass is 916 g/mol. The Bertz CT molecular complexity index is 1800. The Kier molecular flexibility index (Phi) is 21.6. The molecule has 7 unspecified atom stereocenters. The lowest BCUT2D eigenvalue weighted by Crippen LogP contribution is -2.59. The summed E-state index contributed by atoms with van der Waals surface area (Å²) >= 11 is 0. The highest BCUT2D eigenvalue weighted by atomic mass is 16.7. The van der Waals surface area contributed by atoms with E-state index in [2.05, 4.69) is 10.3 Å². The van der Waals surface area contributed by atoms with Gasteiger partial charge in [0.2, 0.25) is 0 Å². The lowest BCUT2D eigenvalue weighted by Gasteiger charge is -2.42. The zero-order chi connectivity index (χ0) is 48.0. The first-order chi connectivity index (χ1) is 30.9. The largest absolute Gasteiger partial charge is 0.462 e. The smallest absolute Gasteiger partial charge is 0.306 e. The number of carbonyl (C=O) groups is 2. The highest BCUT2D eigenvalue weighted by molar-refractivity contribution is 5.91. The van der Waals surface area contributed by atoms with Crippen LogP contribution in [-0.2, 0) is 49.3 Å². The van der Waals surface area contributed by atoms with E-state index >= 15 is 0 Å². The van der Waals surface area contributed by atoms with Crippen LogP contribution >= 0.6 is 0 Å². The summed E-state index contributed by atoms with van der Waals surface area (Å²) in [6, 6.07) is 6.66. The second-order valence-corrected chi connectivity index (χ2v) is 18.0. The van der Waals surface area contributed by atoms with Gasteiger partial charge in [0.15, 0.2) is 18.4 Å². The van der Waals surface area contributed by atoms with Gasteiger partial charge in [-0.1, -0.05) is 55.8 Å². The number of methoxy groups -OCH3 is 2. The van der Waals surface area contributed by atoms with E-state index in [9.17, 15) is 24.9 Å². The average Bonchev–Trinajstić information content (AvgIpc) is 3.75. The van der Waals surface area contributed by atoms with Crippen molar-refractivity contribution in [2.75, 3.05) is 47.3 Å². The predicted octanol–water partition coefficient (Wildman–Crippen LogP) is 4.57. The summed E-state index contributed by atoms with van der Waals surface area (Å²) in [4.78, 5) is 29.7. The molecule has 2 aliphatic heterocycles. The molecule has 15 atom stereocenters. The number of ether oxygens (including phenoxy) is 7. The number of aliphatic hydroxyl groups is 3. The summed E-state index contributed by atoms with van der Waals surface area (Å²) in [5, 5.41) is 42.1. The van der Waals surface area contributed by atoms with Crippen molar-refractivity contribution in [3.63, 3.8) is 0 Å². The number of nitrogens with zero attached hydrogens (tertiary/aromatic N) is 4. The molecule has 366 valence electrons. The average molecular weight is 916 g/mol. The lowest BCUT2D eigenvalue weighted by molar-refractivity contribution is -0.304. The number of nitrogens with two attached hydrogens (primary N) is 1. The number of rotatable bonds is 18. The molecule has 2 aromatic rings. The fourth-order valence-corrected chi connectivity index (χ4v) is 9.00. The number of carbonyl (C=O) groups excluding carboxylic acids is 2. The van der Waals surface area contributed by atoms with Gasteiger partial charge in [-0.05, 0) is 97.5 Å². The minimum absolute atomic E-state index is 0.0567. The van der Waals surface area contributed by atoms with E-state index in [1.807, 2.05) is 64.2 Å². The van der Waals surface area contributed by atoms with E-state index in [0.29, 0.717) is 43.6 Å². The zero-order valence-electron chi connectivity index (χ0n) is 40.3. The topological polar surface area (TPSA) is 219 Å². The maximum atomic E-state index is 14.0. The number of hydrogen-bond donors (Lipinski definition) is 4. The highest BCUT2D eigenvalue weighted by Crippen LogP contribution is 2.34. The summed E-state index contributed by atoms with van der Waals surface area (Å²) in [5.74, 6) is -1.99. The third kappa shape index (κ3) is 15.2. The van der Waals surface area contributed by atoms with Crippen molar-refractivity contribution in [1.82, 2.24) is 19.9 Å². The van der Waals surface area contributed by atoms with Crippen molar-refractivity contribution in [2.45, 2.75) is 155 Å². The van der Waals surface area contributed by atoms with Crippen molar-refractivity contribution < 1.29 is 58.1 Å². The van der Waals surface area contributed by atoms with E-state index < -0.39 is 85.3 Å². The van der Waals surface area contributed by atoms with E-state index in [0.717, 1.165) is 11.1 Å². The predicted molar refractivity (Wildman–Crippen MR) is 245 cm³/mol. The van der Waals surface area contributed by atoms with E-state index in [4.69, 9.17) is 38.9 Å². The molecular weight excluding hydrogens is 839 g/mol. The first-order valence-corrected chi connectivity index (χ1v) is 23.1. The van der Waals surface area contributed by atoms with Crippen LogP contribution in [-0.4, -0.2) is 156 Å². The van der Waals surface area contributed by atoms with Crippen LogP contribution in [0.15, 0.2) is 54.3 Å². The van der Waals surface area contributed by atoms with E-state index in [1.165, 1.54) is 14.2 Å². The number of benzene rings is 1. The molecule has 3 heterocycles. The lowest BCUT2D eigenvalue weighted by atomic mass is 9.80. The number of aromatic nitrogens is 3. The highest BCUT2D eigenvalue weighted by Gasteiger charge is 2.45. The van der Waals surface area contributed by atoms with Crippen LogP contribution in [0.4, 0.5) is 5.69 Å². The Labute approximate surface area is 385 Å². The zero-order valence-corrected chi connectivity index (χ0v) is 40.3. The minimum atomic E-state index is -1.26. The summed E-state index contributed by atoms with van der Waals surface area (Å²) in [6.07, 6.45) is 0.546. The second kappa shape index (κ2) is 26.1. The summed E-state index contributed by atoms with van der Waals surface area (Å²) in [5.41, 5.74) is 8.88. The van der Waals surface area contributed by atoms with Crippen LogP contribution in [0.25, 0.3) is 11.3 Å². The number of anilines is 1. The molecule has 0 radical (unpaired) electrons. The number of nitrogen functional groups attached to an aromatic ring is 1. The standard InChI is InChI=1S/C48H77N5O12/c1-12-39-35(27-62-48-46(60-11)45(59-10)42(57)32(7)63-48)24-28(3)14-20-38(55)30(5)25-34(22-23-53-26-37(50-51-53)33-16-18-36(49)19-17-33)44(29(4)15-21-40(56)64-39)65-47(61-13-2)43(58)41(31(6)54)52(8)9/h14,16-20,24,26,29-32,34-35,39,41-48,54,57-58H,12-13,15,21-23,25,27,49H2,1-11H3/b20-14+,28-24+/t29-,30+,31+,32?,34-,35+,39+,41?,42?,43?,44+,45?,46?,47-,48?/m0/s1. The molecule has 17 heteroatoms. The maximum absolute atomic E-state index is 14.0. The molecule has 1 saturated heterocycles. The van der Waals surface area contributed by atoms with Crippen LogP contribution in [0.2, 0.25) is 0 Å². The van der Waals surface area contributed by atoms with Gasteiger partial charge in [-0.2, -0.15) is 0 Å². The van der Waals surface area contributed by atoms with Gasteiger partial charge in [0.05, 0.1) is 37.2 Å². The number of likely N-dealkylation sites (N-methyl/N-ethyl adjacent to an activating group) is 1. The van der Waals surface area contributed by atoms with Gasteiger partial charge in [0.25, 0.3) is 0 Å². The first kappa shape index (κ1) is 54.0. The van der Waals surface area contributed by atoms with Crippen molar-refractivity contribution in [1.29, 1.82) is 0 Å². The Hall–Kier alpha value is -3.62. The summed E-state index contributed by atoms with van der Waals surface area (Å²) < 4.78 is 44.6. The van der Waals surface area contributed by atoms with Crippen LogP contribution in [0.5, 0.6) is 0 Å². The third-order valence-corrected chi connectivity index (χ3v) is 12.7. The summed E-state index contributed by atoms with van der Waals surface area (Å²) in [6.45, 7) is 13.6. The molecule has 1 aromatic heterocycles. The van der Waals surface area contributed by atoms with Gasteiger partial charge >= 0.3 is 5.97 Å². The normalized spacial score (nSPS) is 32.0. The number of aliphatic hydroxyl groups excluding tert-OH is 3. The molecule has 1 fully saturated rings. The molecule has 0 aliphatic carbocycles. The SMILES string of the molecule is CCO[C@@H](O[C@H]1[C@@H](CCn2cc(-c3ccc(N)cc3)nn2)C[C@@H](C)C(=O)/C=C/C(C)=C/[C@H](COC2OC(C)C(O)C(OC)C2OC)[C@@H](CC)OC(=O)CC[C@@H]1C)C(O)C([C@@H](C)O)N(C)C. The quantitative estimate of drug-likeness (QED) is 0.0915. The summed E-state index contributed by atoms with van der Waals surface area (Å²) in [7, 11) is 6.53. The van der Waals surface area contributed by atoms with Crippen molar-refractivity contribution >= 4 is 17.4 Å². The number of allylic oxidation sites excluding steroid dienone is 3. The van der Waals surface area contributed by atoms with Crippen LogP contribution in [0, 0.1) is 23.7 Å². The van der Waals surface area contributed by atoms with Crippen LogP contribution in [0.1, 0.15) is 80.6 Å². The molecular formula is C48H77N5O12. The Morgan fingerprint density at radius 1 is 1.02 bits per heavy atom. The molecule has 0 bridgehead atoms. The number of aryl methyl sites for hydroxylation is 1. The molecule has 4 rings (SSSR count). The molecule has 0 amide bonds. The first-order valence-electron chi connectivity index (χ1n) is 23.1. The van der Waals surface area contributed by atoms with Gasteiger partial charge in [-0.3, -0.25) is 14.3 Å². The Morgan fingerprint density at radius 2 is 1.71 bits per heavy atom. The van der Waals surface area contributed by atoms with Gasteiger partial charge in [-0.15, -0.1) is 5.10 Å². The third-order valence-electron chi connectivity index (χ3n) is 12.7. The van der Waals surface area contributed by atoms with Crippen LogP contribution in [0.3, 0.4) is 0 Å². The molecule has 0 spiro atoms. The molecule has 5 N–H and O–H groups in total. The van der Waals surface area contributed by atoms with Crippen molar-refractivity contribution in [3.8, 4) is 11.3 Å². The van der Waals surface area contributed by atoms with Crippen molar-refractivity contribution in [3.05, 3.63) is 54.3 Å². The van der Waals surface area contributed by atoms with Crippen LogP contribution < -0.4 is 5.73 Å². The van der Waals surface area contributed by atoms with Gasteiger partial charge in [0, 0.05) is 56.9 Å². The molecule has 65 heavy (non-hydrogen) atoms. The number of cyclic esters (lactones) is 1. The van der Waals surface area contributed by atoms with Gasteiger partial charge < -0.3 is 59.1 Å². The molecule has 17 nitrogen and oxygen atoms in total. The van der Waals surface area contributed by atoms with E-state index in [-0.39, 0.29) is 37.3 Å². The number of ketones is 1. The fourth-order valence-electron chi connectivity index (χ4n) is 9.00. The van der Waals surface area contributed by atoms with Gasteiger partial charge in [-0.25, -0.2) is 0 Å². The number of esters is 1. The van der Waals surface area contributed by atoms with Crippen molar-refractivity contribution in [2.24, 2.45) is 23.7 Å². The maximum Gasteiger partial charge on any atom is 0.306 e. The molecule has 0 saturated carbocycles.